The lowest BCUT2D eigenvalue weighted by Gasteiger charge is -2.23. The molecule has 0 atom stereocenters. The number of fused-ring (bicyclic) bond motifs is 3. The quantitative estimate of drug-likeness (QED) is 0.459. The maximum atomic E-state index is 6.22. The Morgan fingerprint density at radius 1 is 0.906 bits per heavy atom. The van der Waals surface area contributed by atoms with Gasteiger partial charge >= 0.3 is 0 Å². The number of ether oxygens (including phenoxy) is 3. The van der Waals surface area contributed by atoms with Crippen molar-refractivity contribution in [3.05, 3.63) is 84.2 Å². The molecule has 1 aliphatic rings. The first kappa shape index (κ1) is 20.5. The highest BCUT2D eigenvalue weighted by Gasteiger charge is 2.17. The van der Waals surface area contributed by atoms with Gasteiger partial charge in [0, 0.05) is 49.7 Å². The van der Waals surface area contributed by atoms with Gasteiger partial charge in [-0.15, -0.1) is 0 Å². The highest BCUT2D eigenvalue weighted by Crippen LogP contribution is 2.32. The van der Waals surface area contributed by atoms with Gasteiger partial charge < -0.3 is 18.8 Å². The Hall–Kier alpha value is -3.35. The van der Waals surface area contributed by atoms with E-state index in [1.807, 2.05) is 30.3 Å². The van der Waals surface area contributed by atoms with Crippen LogP contribution in [0.3, 0.4) is 0 Å². The van der Waals surface area contributed by atoms with Crippen molar-refractivity contribution >= 4 is 10.9 Å². The van der Waals surface area contributed by atoms with Crippen molar-refractivity contribution in [1.82, 2.24) is 14.5 Å². The average molecular weight is 430 g/mol. The Kier molecular flexibility index (Phi) is 6.05. The zero-order valence-corrected chi connectivity index (χ0v) is 18.2. The Labute approximate surface area is 188 Å². The first-order valence-corrected chi connectivity index (χ1v) is 10.9. The summed E-state index contributed by atoms with van der Waals surface area (Å²) in [6.07, 6.45) is 1.76. The second-order valence-corrected chi connectivity index (χ2v) is 7.94. The molecule has 2 aromatic heterocycles. The molecule has 5 rings (SSSR count). The zero-order valence-electron chi connectivity index (χ0n) is 18.2. The lowest BCUT2D eigenvalue weighted by atomic mass is 10.2. The molecule has 0 spiro atoms. The van der Waals surface area contributed by atoms with Crippen molar-refractivity contribution in [3.8, 4) is 17.4 Å². The van der Waals surface area contributed by atoms with Gasteiger partial charge in [-0.05, 0) is 35.7 Å². The van der Waals surface area contributed by atoms with E-state index in [2.05, 4.69) is 57.9 Å². The van der Waals surface area contributed by atoms with Crippen LogP contribution in [0.25, 0.3) is 10.9 Å². The fraction of sp³-hybridized carbons (Fsp3) is 0.269. The standard InChI is InChI=1S/C26H27N3O3/c1-28-22(17-20-7-2-3-9-23(20)28)19-29-13-14-30-15-16-31-24-10-4-5-11-25(24)32-26-21(18-29)8-6-12-27-26/h2-12,17H,13-16,18-19H2,1H3. The molecule has 6 nitrogen and oxygen atoms in total. The first-order valence-electron chi connectivity index (χ1n) is 10.9. The molecule has 0 bridgehead atoms. The summed E-state index contributed by atoms with van der Waals surface area (Å²) in [5.41, 5.74) is 3.53. The third-order valence-corrected chi connectivity index (χ3v) is 5.77. The SMILES string of the molecule is Cn1c(CN2CCOCCOc3ccccc3Oc3ncccc3C2)cc2ccccc21. The smallest absolute Gasteiger partial charge is 0.223 e. The van der Waals surface area contributed by atoms with E-state index >= 15 is 0 Å². The molecule has 0 radical (unpaired) electrons. The van der Waals surface area contributed by atoms with E-state index in [4.69, 9.17) is 14.2 Å². The summed E-state index contributed by atoms with van der Waals surface area (Å²) in [4.78, 5) is 6.90. The Morgan fingerprint density at radius 3 is 2.66 bits per heavy atom. The molecule has 6 heteroatoms. The number of benzene rings is 2. The number of rotatable bonds is 2. The molecule has 3 heterocycles. The van der Waals surface area contributed by atoms with Gasteiger partial charge in [-0.2, -0.15) is 0 Å². The van der Waals surface area contributed by atoms with E-state index in [1.54, 1.807) is 6.20 Å². The second kappa shape index (κ2) is 9.42. The fourth-order valence-corrected chi connectivity index (χ4v) is 4.08. The Bertz CT molecular complexity index is 1200. The summed E-state index contributed by atoms with van der Waals surface area (Å²) in [6.45, 7) is 3.93. The fourth-order valence-electron chi connectivity index (χ4n) is 4.08. The van der Waals surface area contributed by atoms with Crippen LogP contribution in [0.15, 0.2) is 72.9 Å². The van der Waals surface area contributed by atoms with E-state index in [9.17, 15) is 0 Å². The van der Waals surface area contributed by atoms with Gasteiger partial charge in [0.05, 0.1) is 13.2 Å². The van der Waals surface area contributed by atoms with Crippen LogP contribution in [0.5, 0.6) is 17.4 Å². The van der Waals surface area contributed by atoms with Gasteiger partial charge in [-0.25, -0.2) is 4.98 Å². The van der Waals surface area contributed by atoms with Crippen molar-refractivity contribution in [2.24, 2.45) is 7.05 Å². The molecule has 0 saturated carbocycles. The molecule has 164 valence electrons. The summed E-state index contributed by atoms with van der Waals surface area (Å²) in [5, 5.41) is 1.26. The Balaban J connectivity index is 1.45. The molecule has 32 heavy (non-hydrogen) atoms. The van der Waals surface area contributed by atoms with E-state index < -0.39 is 0 Å². The van der Waals surface area contributed by atoms with Gasteiger partial charge in [0.15, 0.2) is 11.5 Å². The van der Waals surface area contributed by atoms with Gasteiger partial charge in [-0.3, -0.25) is 4.90 Å². The van der Waals surface area contributed by atoms with E-state index in [1.165, 1.54) is 16.6 Å². The Morgan fingerprint density at radius 2 is 1.75 bits per heavy atom. The van der Waals surface area contributed by atoms with Crippen molar-refractivity contribution < 1.29 is 14.2 Å². The van der Waals surface area contributed by atoms with Crippen LogP contribution in [-0.2, 0) is 24.9 Å². The number of nitrogens with zero attached hydrogens (tertiary/aromatic N) is 3. The predicted molar refractivity (Wildman–Crippen MR) is 124 cm³/mol. The molecule has 2 aromatic carbocycles. The van der Waals surface area contributed by atoms with Crippen molar-refractivity contribution in [2.45, 2.75) is 13.1 Å². The monoisotopic (exact) mass is 429 g/mol. The second-order valence-electron chi connectivity index (χ2n) is 7.94. The summed E-state index contributed by atoms with van der Waals surface area (Å²) in [6, 6.07) is 22.5. The zero-order chi connectivity index (χ0) is 21.8. The van der Waals surface area contributed by atoms with E-state index in [0.29, 0.717) is 43.7 Å². The summed E-state index contributed by atoms with van der Waals surface area (Å²) in [5.74, 6) is 1.96. The van der Waals surface area contributed by atoms with Crippen LogP contribution in [0.4, 0.5) is 0 Å². The highest BCUT2D eigenvalue weighted by molar-refractivity contribution is 5.81. The number of aromatic nitrogens is 2. The first-order chi connectivity index (χ1) is 15.8. The van der Waals surface area contributed by atoms with Crippen LogP contribution in [-0.4, -0.2) is 40.8 Å². The van der Waals surface area contributed by atoms with Crippen molar-refractivity contribution in [2.75, 3.05) is 26.4 Å². The van der Waals surface area contributed by atoms with E-state index in [-0.39, 0.29) is 0 Å². The van der Waals surface area contributed by atoms with Gasteiger partial charge in [0.25, 0.3) is 0 Å². The summed E-state index contributed by atoms with van der Waals surface area (Å²) < 4.78 is 20.3. The lowest BCUT2D eigenvalue weighted by Crippen LogP contribution is -2.28. The van der Waals surface area contributed by atoms with Gasteiger partial charge in [0.1, 0.15) is 6.61 Å². The van der Waals surface area contributed by atoms with Gasteiger partial charge in [0.2, 0.25) is 5.88 Å². The maximum Gasteiger partial charge on any atom is 0.223 e. The third kappa shape index (κ3) is 4.47. The van der Waals surface area contributed by atoms with Crippen LogP contribution >= 0.6 is 0 Å². The normalized spacial score (nSPS) is 15.4. The number of pyridine rings is 1. The van der Waals surface area contributed by atoms with Crippen LogP contribution < -0.4 is 9.47 Å². The minimum absolute atomic E-state index is 0.471. The molecule has 0 fully saturated rings. The van der Waals surface area contributed by atoms with Crippen molar-refractivity contribution in [3.63, 3.8) is 0 Å². The molecule has 0 unspecified atom stereocenters. The third-order valence-electron chi connectivity index (χ3n) is 5.77. The maximum absolute atomic E-state index is 6.22. The molecule has 0 saturated heterocycles. The number of hydrogen-bond donors (Lipinski definition) is 0. The number of aryl methyl sites for hydroxylation is 1. The van der Waals surface area contributed by atoms with Crippen molar-refractivity contribution in [1.29, 1.82) is 0 Å². The van der Waals surface area contributed by atoms with Gasteiger partial charge in [-0.1, -0.05) is 36.4 Å². The van der Waals surface area contributed by atoms with Crippen LogP contribution in [0.2, 0.25) is 0 Å². The molecule has 4 aromatic rings. The topological polar surface area (TPSA) is 48.8 Å². The average Bonchev–Trinajstić information content (AvgIpc) is 3.13. The van der Waals surface area contributed by atoms with Crippen LogP contribution in [0, 0.1) is 0 Å². The molecule has 1 aliphatic heterocycles. The highest BCUT2D eigenvalue weighted by atomic mass is 16.5. The molecular formula is C26H27N3O3. The number of para-hydroxylation sites is 3. The molecular weight excluding hydrogens is 402 g/mol. The largest absolute Gasteiger partial charge is 0.487 e. The minimum atomic E-state index is 0.471. The summed E-state index contributed by atoms with van der Waals surface area (Å²) >= 11 is 0. The lowest BCUT2D eigenvalue weighted by molar-refractivity contribution is 0.0757. The molecule has 0 N–H and O–H groups in total. The number of hydrogen-bond acceptors (Lipinski definition) is 5. The predicted octanol–water partition coefficient (Wildman–Crippen LogP) is 4.78. The van der Waals surface area contributed by atoms with E-state index in [0.717, 1.165) is 18.7 Å². The molecule has 0 aliphatic carbocycles. The summed E-state index contributed by atoms with van der Waals surface area (Å²) in [7, 11) is 2.13. The van der Waals surface area contributed by atoms with Crippen LogP contribution in [0.1, 0.15) is 11.3 Å². The minimum Gasteiger partial charge on any atom is -0.487 e. The molecule has 0 amide bonds.